The van der Waals surface area contributed by atoms with Crippen molar-refractivity contribution >= 4 is 11.3 Å². The van der Waals surface area contributed by atoms with Crippen molar-refractivity contribution in [1.82, 2.24) is 10.3 Å². The van der Waals surface area contributed by atoms with Gasteiger partial charge in [0.2, 0.25) is 5.89 Å². The molecule has 0 amide bonds. The molecule has 2 N–H and O–H groups in total. The van der Waals surface area contributed by atoms with E-state index in [4.69, 9.17) is 4.42 Å². The molecule has 2 heterocycles. The zero-order valence-electron chi connectivity index (χ0n) is 13.6. The Morgan fingerprint density at radius 1 is 1.33 bits per heavy atom. The quantitative estimate of drug-likeness (QED) is 0.744. The fraction of sp³-hybridized carbons (Fsp3) is 0.316. The first kappa shape index (κ1) is 15.6. The van der Waals surface area contributed by atoms with Crippen molar-refractivity contribution in [2.24, 2.45) is 0 Å². The number of thiophene rings is 1. The zero-order chi connectivity index (χ0) is 16.6. The smallest absolute Gasteiger partial charge is 0.227 e. The third-order valence-corrected chi connectivity index (χ3v) is 5.56. The second-order valence-electron chi connectivity index (χ2n) is 6.28. The lowest BCUT2D eigenvalue weighted by molar-refractivity contribution is 0.158. The Balaban J connectivity index is 1.57. The van der Waals surface area contributed by atoms with Crippen LogP contribution in [0, 0.1) is 6.92 Å². The summed E-state index contributed by atoms with van der Waals surface area (Å²) in [5.41, 5.74) is 4.04. The Labute approximate surface area is 145 Å². The first-order valence-electron chi connectivity index (χ1n) is 8.15. The Morgan fingerprint density at radius 3 is 3.00 bits per heavy atom. The molecule has 4 rings (SSSR count). The normalized spacial score (nSPS) is 19.6. The van der Waals surface area contributed by atoms with E-state index in [-0.39, 0.29) is 12.1 Å². The Morgan fingerprint density at radius 2 is 2.21 bits per heavy atom. The van der Waals surface area contributed by atoms with Crippen LogP contribution < -0.4 is 5.32 Å². The van der Waals surface area contributed by atoms with E-state index in [0.29, 0.717) is 12.4 Å². The van der Waals surface area contributed by atoms with Gasteiger partial charge in [-0.05, 0) is 42.3 Å². The largest absolute Gasteiger partial charge is 0.441 e. The van der Waals surface area contributed by atoms with E-state index < -0.39 is 0 Å². The molecule has 24 heavy (non-hydrogen) atoms. The molecule has 1 aliphatic rings. The van der Waals surface area contributed by atoms with Gasteiger partial charge in [0.15, 0.2) is 0 Å². The second kappa shape index (κ2) is 6.16. The van der Waals surface area contributed by atoms with Gasteiger partial charge in [0.1, 0.15) is 5.76 Å². The fourth-order valence-electron chi connectivity index (χ4n) is 3.45. The van der Waals surface area contributed by atoms with Crippen molar-refractivity contribution in [1.29, 1.82) is 0 Å². The molecule has 0 fully saturated rings. The van der Waals surface area contributed by atoms with E-state index in [1.54, 1.807) is 11.3 Å². The van der Waals surface area contributed by atoms with Crippen LogP contribution in [0.5, 0.6) is 0 Å². The lowest BCUT2D eigenvalue weighted by Crippen LogP contribution is -2.43. The molecule has 0 saturated heterocycles. The van der Waals surface area contributed by atoms with Crippen LogP contribution in [0.25, 0.3) is 11.5 Å². The van der Waals surface area contributed by atoms with Gasteiger partial charge in [-0.1, -0.05) is 24.3 Å². The number of benzene rings is 1. The summed E-state index contributed by atoms with van der Waals surface area (Å²) in [6, 6.07) is 10.4. The summed E-state index contributed by atoms with van der Waals surface area (Å²) in [6.45, 7) is 2.60. The number of hydrogen-bond donors (Lipinski definition) is 2. The van der Waals surface area contributed by atoms with E-state index in [0.717, 1.165) is 29.9 Å². The maximum Gasteiger partial charge on any atom is 0.227 e. The van der Waals surface area contributed by atoms with E-state index in [9.17, 15) is 5.11 Å². The number of aromatic nitrogens is 1. The number of aryl methyl sites for hydroxylation is 2. The topological polar surface area (TPSA) is 58.3 Å². The molecule has 1 unspecified atom stereocenters. The molecule has 2 aromatic heterocycles. The molecule has 3 aromatic rings. The number of rotatable bonds is 5. The Bertz CT molecular complexity index is 841. The molecule has 0 bridgehead atoms. The van der Waals surface area contributed by atoms with Crippen LogP contribution in [-0.4, -0.2) is 16.7 Å². The van der Waals surface area contributed by atoms with Gasteiger partial charge in [0, 0.05) is 17.5 Å². The maximum atomic E-state index is 10.1. The first-order chi connectivity index (χ1) is 11.7. The lowest BCUT2D eigenvalue weighted by atomic mass is 9.92. The van der Waals surface area contributed by atoms with Crippen LogP contribution in [0.2, 0.25) is 0 Å². The average molecular weight is 340 g/mol. The third-order valence-electron chi connectivity index (χ3n) is 4.88. The van der Waals surface area contributed by atoms with Gasteiger partial charge in [-0.3, -0.25) is 5.32 Å². The molecule has 5 heteroatoms. The number of oxazole rings is 1. The summed E-state index contributed by atoms with van der Waals surface area (Å²) >= 11 is 1.63. The highest BCUT2D eigenvalue weighted by atomic mass is 32.1. The van der Waals surface area contributed by atoms with E-state index in [2.05, 4.69) is 28.5 Å². The predicted octanol–water partition coefficient (Wildman–Crippen LogP) is 3.64. The molecule has 0 aliphatic heterocycles. The van der Waals surface area contributed by atoms with E-state index >= 15 is 0 Å². The molecule has 0 saturated carbocycles. The standard InChI is InChI=1S/C19H20N2O2S/c1-13-17(21-18(23-13)15-7-9-24-11-15)10-20-19(12-22)8-6-14-4-2-3-5-16(14)19/h2-5,7,9,11,20,22H,6,8,10,12H2,1H3. The monoisotopic (exact) mass is 340 g/mol. The average Bonchev–Trinajstić information content (AvgIpc) is 3.32. The minimum Gasteiger partial charge on any atom is -0.441 e. The van der Waals surface area contributed by atoms with Gasteiger partial charge in [-0.25, -0.2) is 4.98 Å². The molecular weight excluding hydrogens is 320 g/mol. The number of nitrogens with zero attached hydrogens (tertiary/aromatic N) is 1. The summed E-state index contributed by atoms with van der Waals surface area (Å²) in [4.78, 5) is 4.63. The van der Waals surface area contributed by atoms with E-state index in [1.807, 2.05) is 29.8 Å². The Hall–Kier alpha value is -1.95. The summed E-state index contributed by atoms with van der Waals surface area (Å²) in [5, 5.41) is 17.7. The highest BCUT2D eigenvalue weighted by Gasteiger charge is 2.37. The van der Waals surface area contributed by atoms with Gasteiger partial charge in [-0.15, -0.1) is 0 Å². The molecular formula is C19H20N2O2S. The van der Waals surface area contributed by atoms with Crippen molar-refractivity contribution in [2.75, 3.05) is 6.61 Å². The van der Waals surface area contributed by atoms with Crippen LogP contribution in [0.15, 0.2) is 45.5 Å². The summed E-state index contributed by atoms with van der Waals surface area (Å²) in [6.07, 6.45) is 1.89. The molecule has 0 spiro atoms. The van der Waals surface area contributed by atoms with Crippen LogP contribution in [0.4, 0.5) is 0 Å². The van der Waals surface area contributed by atoms with Gasteiger partial charge >= 0.3 is 0 Å². The summed E-state index contributed by atoms with van der Waals surface area (Å²) < 4.78 is 5.80. The minimum atomic E-state index is -0.384. The first-order valence-corrected chi connectivity index (χ1v) is 9.09. The minimum absolute atomic E-state index is 0.0816. The van der Waals surface area contributed by atoms with Crippen LogP contribution in [-0.2, 0) is 18.5 Å². The second-order valence-corrected chi connectivity index (χ2v) is 7.06. The lowest BCUT2D eigenvalue weighted by Gasteiger charge is -2.29. The van der Waals surface area contributed by atoms with Gasteiger partial charge in [0.05, 0.1) is 17.8 Å². The van der Waals surface area contributed by atoms with Crippen molar-refractivity contribution in [3.8, 4) is 11.5 Å². The van der Waals surface area contributed by atoms with Crippen molar-refractivity contribution in [3.63, 3.8) is 0 Å². The van der Waals surface area contributed by atoms with E-state index in [1.165, 1.54) is 11.1 Å². The van der Waals surface area contributed by atoms with Gasteiger partial charge in [-0.2, -0.15) is 11.3 Å². The highest BCUT2D eigenvalue weighted by molar-refractivity contribution is 7.08. The van der Waals surface area contributed by atoms with Crippen molar-refractivity contribution in [3.05, 3.63) is 63.7 Å². The maximum absolute atomic E-state index is 10.1. The molecule has 1 aliphatic carbocycles. The molecule has 124 valence electrons. The van der Waals surface area contributed by atoms with Gasteiger partial charge in [0.25, 0.3) is 0 Å². The summed E-state index contributed by atoms with van der Waals surface area (Å²) in [5.74, 6) is 1.48. The Kier molecular flexibility index (Phi) is 4.00. The van der Waals surface area contributed by atoms with Crippen LogP contribution in [0.1, 0.15) is 29.0 Å². The third kappa shape index (κ3) is 2.59. The molecule has 0 radical (unpaired) electrons. The predicted molar refractivity (Wildman–Crippen MR) is 94.9 cm³/mol. The highest BCUT2D eigenvalue weighted by Crippen LogP contribution is 2.37. The number of nitrogens with one attached hydrogen (secondary N) is 1. The molecule has 1 aromatic carbocycles. The fourth-order valence-corrected chi connectivity index (χ4v) is 4.08. The number of aliphatic hydroxyl groups excluding tert-OH is 1. The number of fused-ring (bicyclic) bond motifs is 1. The number of hydrogen-bond acceptors (Lipinski definition) is 5. The number of aliphatic hydroxyl groups is 1. The molecule has 1 atom stereocenters. The molecule has 4 nitrogen and oxygen atoms in total. The van der Waals surface area contributed by atoms with Crippen LogP contribution in [0.3, 0.4) is 0 Å². The zero-order valence-corrected chi connectivity index (χ0v) is 14.4. The summed E-state index contributed by atoms with van der Waals surface area (Å²) in [7, 11) is 0. The SMILES string of the molecule is Cc1oc(-c2ccsc2)nc1CNC1(CO)CCc2ccccc21. The van der Waals surface area contributed by atoms with Gasteiger partial charge < -0.3 is 9.52 Å². The van der Waals surface area contributed by atoms with Crippen molar-refractivity contribution < 1.29 is 9.52 Å². The van der Waals surface area contributed by atoms with Crippen LogP contribution >= 0.6 is 11.3 Å². The van der Waals surface area contributed by atoms with Crippen molar-refractivity contribution in [2.45, 2.75) is 31.8 Å².